The van der Waals surface area contributed by atoms with E-state index in [1.807, 2.05) is 24.3 Å². The van der Waals surface area contributed by atoms with Gasteiger partial charge in [0.05, 0.1) is 6.61 Å². The van der Waals surface area contributed by atoms with Crippen molar-refractivity contribution in [3.63, 3.8) is 0 Å². The highest BCUT2D eigenvalue weighted by molar-refractivity contribution is 5.73. The van der Waals surface area contributed by atoms with Gasteiger partial charge in [0, 0.05) is 19.1 Å². The summed E-state index contributed by atoms with van der Waals surface area (Å²) in [5, 5.41) is 15.0. The van der Waals surface area contributed by atoms with Crippen LogP contribution in [0.3, 0.4) is 0 Å². The van der Waals surface area contributed by atoms with Gasteiger partial charge in [-0.25, -0.2) is 4.79 Å². The predicted octanol–water partition coefficient (Wildman–Crippen LogP) is 1.07. The summed E-state index contributed by atoms with van der Waals surface area (Å²) in [6.45, 7) is 2.22. The molecule has 1 aliphatic heterocycles. The van der Waals surface area contributed by atoms with Crippen molar-refractivity contribution < 1.29 is 9.90 Å². The van der Waals surface area contributed by atoms with Crippen molar-refractivity contribution in [3.05, 3.63) is 35.4 Å². The second kappa shape index (κ2) is 7.26. The van der Waals surface area contributed by atoms with Crippen molar-refractivity contribution in [3.8, 4) is 0 Å². The number of aliphatic hydroxyl groups is 1. The summed E-state index contributed by atoms with van der Waals surface area (Å²) in [5.74, 6) is 0. The van der Waals surface area contributed by atoms with Crippen LogP contribution < -0.4 is 10.6 Å². The zero-order valence-electron chi connectivity index (χ0n) is 11.9. The van der Waals surface area contributed by atoms with Crippen molar-refractivity contribution in [1.29, 1.82) is 0 Å². The Morgan fingerprint density at radius 3 is 2.75 bits per heavy atom. The summed E-state index contributed by atoms with van der Waals surface area (Å²) in [6.07, 6.45) is 2.35. The molecule has 1 atom stereocenters. The maximum Gasteiger partial charge on any atom is 0.315 e. The van der Waals surface area contributed by atoms with Crippen LogP contribution in [-0.2, 0) is 13.2 Å². The molecular formula is C15H23N3O2. The highest BCUT2D eigenvalue weighted by Crippen LogP contribution is 2.13. The number of benzene rings is 1. The van der Waals surface area contributed by atoms with E-state index in [-0.39, 0.29) is 12.6 Å². The van der Waals surface area contributed by atoms with Gasteiger partial charge in [-0.15, -0.1) is 0 Å². The Balaban J connectivity index is 1.74. The standard InChI is InChI=1S/C15H23N3O2/c1-18-8-4-7-14(18)10-17-15(20)16-9-12-5-2-3-6-13(12)11-19/h2-3,5-6,14,19H,4,7-11H2,1H3,(H2,16,17,20). The van der Waals surface area contributed by atoms with Gasteiger partial charge in [0.25, 0.3) is 0 Å². The number of amides is 2. The van der Waals surface area contributed by atoms with Gasteiger partial charge in [-0.2, -0.15) is 0 Å². The Bertz CT molecular complexity index is 450. The second-order valence-electron chi connectivity index (χ2n) is 5.27. The first kappa shape index (κ1) is 14.8. The maximum atomic E-state index is 11.8. The molecule has 5 nitrogen and oxygen atoms in total. The number of carbonyl (C=O) groups is 1. The van der Waals surface area contributed by atoms with E-state index in [1.165, 1.54) is 6.42 Å². The molecule has 0 bridgehead atoms. The van der Waals surface area contributed by atoms with Crippen molar-refractivity contribution in [2.75, 3.05) is 20.1 Å². The van der Waals surface area contributed by atoms with E-state index in [2.05, 4.69) is 22.6 Å². The predicted molar refractivity (Wildman–Crippen MR) is 78.3 cm³/mol. The lowest BCUT2D eigenvalue weighted by Gasteiger charge is -2.19. The van der Waals surface area contributed by atoms with Crippen LogP contribution in [0, 0.1) is 0 Å². The lowest BCUT2D eigenvalue weighted by molar-refractivity contribution is 0.234. The minimum atomic E-state index is -0.155. The monoisotopic (exact) mass is 277 g/mol. The number of likely N-dealkylation sites (tertiary alicyclic amines) is 1. The summed E-state index contributed by atoms with van der Waals surface area (Å²) in [5.41, 5.74) is 1.80. The number of aliphatic hydroxyl groups excluding tert-OH is 1. The molecule has 0 radical (unpaired) electrons. The average molecular weight is 277 g/mol. The van der Waals surface area contributed by atoms with Gasteiger partial charge in [0.2, 0.25) is 0 Å². The van der Waals surface area contributed by atoms with Crippen molar-refractivity contribution >= 4 is 6.03 Å². The van der Waals surface area contributed by atoms with Crippen LogP contribution in [0.1, 0.15) is 24.0 Å². The normalized spacial score (nSPS) is 19.0. The first-order chi connectivity index (χ1) is 9.70. The van der Waals surface area contributed by atoms with E-state index in [0.29, 0.717) is 19.1 Å². The Morgan fingerprint density at radius 2 is 2.10 bits per heavy atom. The fourth-order valence-corrected chi connectivity index (χ4v) is 2.57. The zero-order valence-corrected chi connectivity index (χ0v) is 11.9. The molecule has 1 heterocycles. The number of rotatable bonds is 5. The summed E-state index contributed by atoms with van der Waals surface area (Å²) in [4.78, 5) is 14.1. The van der Waals surface area contributed by atoms with Gasteiger partial charge in [-0.1, -0.05) is 24.3 Å². The number of hydrogen-bond donors (Lipinski definition) is 3. The molecule has 1 saturated heterocycles. The molecule has 1 aromatic rings. The third-order valence-corrected chi connectivity index (χ3v) is 3.90. The smallest absolute Gasteiger partial charge is 0.315 e. The lowest BCUT2D eigenvalue weighted by atomic mass is 10.1. The Kier molecular flexibility index (Phi) is 5.38. The van der Waals surface area contributed by atoms with E-state index < -0.39 is 0 Å². The second-order valence-corrected chi connectivity index (χ2v) is 5.27. The van der Waals surface area contributed by atoms with Crippen LogP contribution >= 0.6 is 0 Å². The molecule has 0 aromatic heterocycles. The van der Waals surface area contributed by atoms with E-state index >= 15 is 0 Å². The molecule has 1 unspecified atom stereocenters. The van der Waals surface area contributed by atoms with Gasteiger partial charge >= 0.3 is 6.03 Å². The molecule has 1 aromatic carbocycles. The molecule has 0 spiro atoms. The third kappa shape index (κ3) is 3.95. The van der Waals surface area contributed by atoms with Crippen molar-refractivity contribution in [2.24, 2.45) is 0 Å². The molecule has 3 N–H and O–H groups in total. The average Bonchev–Trinajstić information content (AvgIpc) is 2.88. The Morgan fingerprint density at radius 1 is 1.35 bits per heavy atom. The molecule has 2 amide bonds. The Hall–Kier alpha value is -1.59. The topological polar surface area (TPSA) is 64.6 Å². The summed E-state index contributed by atoms with van der Waals surface area (Å²) in [7, 11) is 2.09. The summed E-state index contributed by atoms with van der Waals surface area (Å²) >= 11 is 0. The lowest BCUT2D eigenvalue weighted by Crippen LogP contribution is -2.42. The van der Waals surface area contributed by atoms with Crippen LogP contribution in [0.15, 0.2) is 24.3 Å². The fraction of sp³-hybridized carbons (Fsp3) is 0.533. The van der Waals surface area contributed by atoms with Crippen LogP contribution in [0.5, 0.6) is 0 Å². The fourth-order valence-electron chi connectivity index (χ4n) is 2.57. The summed E-state index contributed by atoms with van der Waals surface area (Å²) < 4.78 is 0. The minimum absolute atomic E-state index is 0.00760. The molecule has 110 valence electrons. The molecule has 1 fully saturated rings. The van der Waals surface area contributed by atoms with Crippen LogP contribution in [0.4, 0.5) is 4.79 Å². The quantitative estimate of drug-likeness (QED) is 0.754. The summed E-state index contributed by atoms with van der Waals surface area (Å²) in [6, 6.07) is 7.86. The van der Waals surface area contributed by atoms with Crippen LogP contribution in [0.2, 0.25) is 0 Å². The minimum Gasteiger partial charge on any atom is -0.392 e. The van der Waals surface area contributed by atoms with Gasteiger partial charge in [-0.3, -0.25) is 0 Å². The number of nitrogens with zero attached hydrogens (tertiary/aromatic N) is 1. The number of urea groups is 1. The van der Waals surface area contributed by atoms with E-state index in [0.717, 1.165) is 24.1 Å². The molecule has 2 rings (SSSR count). The van der Waals surface area contributed by atoms with E-state index in [1.54, 1.807) is 0 Å². The first-order valence-corrected chi connectivity index (χ1v) is 7.10. The number of nitrogens with one attached hydrogen (secondary N) is 2. The number of hydrogen-bond acceptors (Lipinski definition) is 3. The highest BCUT2D eigenvalue weighted by Gasteiger charge is 2.20. The number of likely N-dealkylation sites (N-methyl/N-ethyl adjacent to an activating group) is 1. The van der Waals surface area contributed by atoms with E-state index in [4.69, 9.17) is 0 Å². The largest absolute Gasteiger partial charge is 0.392 e. The molecule has 0 aliphatic carbocycles. The van der Waals surface area contributed by atoms with Gasteiger partial charge in [-0.05, 0) is 37.6 Å². The van der Waals surface area contributed by atoms with Crippen molar-refractivity contribution in [2.45, 2.75) is 32.0 Å². The molecule has 0 saturated carbocycles. The molecule has 5 heteroatoms. The third-order valence-electron chi connectivity index (χ3n) is 3.90. The Labute approximate surface area is 120 Å². The van der Waals surface area contributed by atoms with Crippen LogP contribution in [0.25, 0.3) is 0 Å². The SMILES string of the molecule is CN1CCCC1CNC(=O)NCc1ccccc1CO. The molecule has 1 aliphatic rings. The molecular weight excluding hydrogens is 254 g/mol. The first-order valence-electron chi connectivity index (χ1n) is 7.10. The zero-order chi connectivity index (χ0) is 14.4. The maximum absolute atomic E-state index is 11.8. The van der Waals surface area contributed by atoms with E-state index in [9.17, 15) is 9.90 Å². The number of carbonyl (C=O) groups excluding carboxylic acids is 1. The highest BCUT2D eigenvalue weighted by atomic mass is 16.3. The van der Waals surface area contributed by atoms with Crippen molar-refractivity contribution in [1.82, 2.24) is 15.5 Å². The molecule has 20 heavy (non-hydrogen) atoms. The van der Waals surface area contributed by atoms with Gasteiger partial charge in [0.15, 0.2) is 0 Å². The van der Waals surface area contributed by atoms with Crippen LogP contribution in [-0.4, -0.2) is 42.2 Å². The van der Waals surface area contributed by atoms with Gasteiger partial charge in [0.1, 0.15) is 0 Å². The van der Waals surface area contributed by atoms with Gasteiger partial charge < -0.3 is 20.6 Å².